The number of aromatic hydroxyl groups is 1. The number of aliphatic hydroxyl groups is 1. The van der Waals surface area contributed by atoms with Crippen molar-refractivity contribution in [2.45, 2.75) is 19.4 Å². The molecule has 5 nitrogen and oxygen atoms in total. The number of nitrogens with one attached hydrogen (secondary N) is 1. The zero-order chi connectivity index (χ0) is 15.9. The SMILES string of the molecule is CSCC[C@@H](CO)Nc1cc(C)nc(-c2ccccc2O)n1. The lowest BCUT2D eigenvalue weighted by Crippen LogP contribution is -2.25. The number of hydrogen-bond acceptors (Lipinski definition) is 6. The van der Waals surface area contributed by atoms with Gasteiger partial charge in [0.1, 0.15) is 11.6 Å². The molecule has 0 fully saturated rings. The predicted octanol–water partition coefficient (Wildman–Crippen LogP) is 2.68. The van der Waals surface area contributed by atoms with E-state index >= 15 is 0 Å². The van der Waals surface area contributed by atoms with Gasteiger partial charge in [0, 0.05) is 11.8 Å². The van der Waals surface area contributed by atoms with Gasteiger partial charge in [-0.1, -0.05) is 12.1 Å². The van der Waals surface area contributed by atoms with Crippen molar-refractivity contribution in [1.82, 2.24) is 9.97 Å². The highest BCUT2D eigenvalue weighted by molar-refractivity contribution is 7.98. The number of anilines is 1. The second-order valence-electron chi connectivity index (χ2n) is 5.04. The van der Waals surface area contributed by atoms with E-state index in [0.29, 0.717) is 17.2 Å². The Hall–Kier alpha value is -1.79. The van der Waals surface area contributed by atoms with Gasteiger partial charge in [-0.25, -0.2) is 9.97 Å². The van der Waals surface area contributed by atoms with Crippen molar-refractivity contribution in [1.29, 1.82) is 0 Å². The van der Waals surface area contributed by atoms with Gasteiger partial charge in [-0.3, -0.25) is 0 Å². The summed E-state index contributed by atoms with van der Waals surface area (Å²) in [6.07, 6.45) is 2.90. The van der Waals surface area contributed by atoms with E-state index in [-0.39, 0.29) is 18.4 Å². The van der Waals surface area contributed by atoms with Crippen LogP contribution in [0.4, 0.5) is 5.82 Å². The zero-order valence-corrected chi connectivity index (χ0v) is 13.6. The Balaban J connectivity index is 2.25. The van der Waals surface area contributed by atoms with Gasteiger partial charge >= 0.3 is 0 Å². The average Bonchev–Trinajstić information content (AvgIpc) is 2.51. The Bertz CT molecular complexity index is 622. The van der Waals surface area contributed by atoms with Crippen LogP contribution in [0.25, 0.3) is 11.4 Å². The maximum atomic E-state index is 9.95. The van der Waals surface area contributed by atoms with Crippen LogP contribution in [0.15, 0.2) is 30.3 Å². The maximum absolute atomic E-state index is 9.95. The standard InChI is InChI=1S/C16H21N3O2S/c1-11-9-15(18-12(10-20)7-8-22-2)19-16(17-11)13-5-3-4-6-14(13)21/h3-6,9,12,20-21H,7-8,10H2,1-2H3,(H,17,18,19)/t12-/m0/s1. The predicted molar refractivity (Wildman–Crippen MR) is 91.4 cm³/mol. The Morgan fingerprint density at radius 1 is 1.27 bits per heavy atom. The van der Waals surface area contributed by atoms with Gasteiger partial charge in [0.2, 0.25) is 0 Å². The monoisotopic (exact) mass is 319 g/mol. The van der Waals surface area contributed by atoms with Crippen LogP contribution in [-0.4, -0.2) is 44.8 Å². The molecule has 1 atom stereocenters. The van der Waals surface area contributed by atoms with E-state index in [2.05, 4.69) is 15.3 Å². The Labute approximate surface area is 134 Å². The molecule has 1 aromatic heterocycles. The van der Waals surface area contributed by atoms with Crippen LogP contribution in [0.3, 0.4) is 0 Å². The van der Waals surface area contributed by atoms with E-state index in [1.54, 1.807) is 30.0 Å². The van der Waals surface area contributed by atoms with Gasteiger partial charge in [0.15, 0.2) is 5.82 Å². The largest absolute Gasteiger partial charge is 0.507 e. The third-order valence-electron chi connectivity index (χ3n) is 3.24. The normalized spacial score (nSPS) is 12.1. The minimum atomic E-state index is -0.0426. The first-order valence-corrected chi connectivity index (χ1v) is 8.53. The number of thioether (sulfide) groups is 1. The van der Waals surface area contributed by atoms with Crippen LogP contribution in [0, 0.1) is 6.92 Å². The Morgan fingerprint density at radius 2 is 2.05 bits per heavy atom. The van der Waals surface area contributed by atoms with Gasteiger partial charge in [-0.05, 0) is 37.5 Å². The molecule has 0 radical (unpaired) electrons. The molecule has 118 valence electrons. The molecule has 0 amide bonds. The van der Waals surface area contributed by atoms with E-state index in [4.69, 9.17) is 0 Å². The van der Waals surface area contributed by atoms with Crippen LogP contribution in [0.1, 0.15) is 12.1 Å². The van der Waals surface area contributed by atoms with Crippen molar-refractivity contribution in [3.8, 4) is 17.1 Å². The van der Waals surface area contributed by atoms with Crippen LogP contribution >= 0.6 is 11.8 Å². The molecule has 0 unspecified atom stereocenters. The molecular formula is C16H21N3O2S. The number of rotatable bonds is 7. The summed E-state index contributed by atoms with van der Waals surface area (Å²) < 4.78 is 0. The molecule has 0 aliphatic carbocycles. The molecule has 22 heavy (non-hydrogen) atoms. The second-order valence-corrected chi connectivity index (χ2v) is 6.03. The number of phenols is 1. The summed E-state index contributed by atoms with van der Waals surface area (Å²) in [7, 11) is 0. The first kappa shape index (κ1) is 16.6. The molecule has 0 aliphatic heterocycles. The fourth-order valence-electron chi connectivity index (χ4n) is 2.10. The van der Waals surface area contributed by atoms with Crippen molar-refractivity contribution >= 4 is 17.6 Å². The van der Waals surface area contributed by atoms with Crippen molar-refractivity contribution in [3.63, 3.8) is 0 Å². The zero-order valence-electron chi connectivity index (χ0n) is 12.8. The molecule has 0 saturated heterocycles. The maximum Gasteiger partial charge on any atom is 0.165 e. The molecule has 0 bridgehead atoms. The number of aliphatic hydroxyl groups excluding tert-OH is 1. The topological polar surface area (TPSA) is 78.3 Å². The summed E-state index contributed by atoms with van der Waals surface area (Å²) in [5.74, 6) is 2.25. The minimum Gasteiger partial charge on any atom is -0.507 e. The molecule has 1 heterocycles. The van der Waals surface area contributed by atoms with E-state index in [9.17, 15) is 10.2 Å². The van der Waals surface area contributed by atoms with Gasteiger partial charge in [-0.15, -0.1) is 0 Å². The van der Waals surface area contributed by atoms with Gasteiger partial charge < -0.3 is 15.5 Å². The average molecular weight is 319 g/mol. The molecule has 1 aromatic carbocycles. The number of aromatic nitrogens is 2. The summed E-state index contributed by atoms with van der Waals surface area (Å²) in [5.41, 5.74) is 1.40. The molecule has 0 saturated carbocycles. The molecule has 3 N–H and O–H groups in total. The highest BCUT2D eigenvalue weighted by atomic mass is 32.2. The highest BCUT2D eigenvalue weighted by Crippen LogP contribution is 2.27. The third-order valence-corrected chi connectivity index (χ3v) is 3.89. The quantitative estimate of drug-likeness (QED) is 0.728. The fraction of sp³-hybridized carbons (Fsp3) is 0.375. The summed E-state index contributed by atoms with van der Waals surface area (Å²) >= 11 is 1.74. The highest BCUT2D eigenvalue weighted by Gasteiger charge is 2.12. The first-order chi connectivity index (χ1) is 10.6. The number of aryl methyl sites for hydroxylation is 1. The smallest absolute Gasteiger partial charge is 0.165 e. The minimum absolute atomic E-state index is 0.0426. The summed E-state index contributed by atoms with van der Waals surface area (Å²) in [5, 5.41) is 22.6. The van der Waals surface area contributed by atoms with Gasteiger partial charge in [0.05, 0.1) is 18.2 Å². The summed E-state index contributed by atoms with van der Waals surface area (Å²) in [6.45, 7) is 1.93. The van der Waals surface area contributed by atoms with Gasteiger partial charge in [0.25, 0.3) is 0 Å². The number of nitrogens with zero attached hydrogens (tertiary/aromatic N) is 2. The van der Waals surface area contributed by atoms with E-state index in [1.807, 2.05) is 25.3 Å². The fourth-order valence-corrected chi connectivity index (χ4v) is 2.62. The van der Waals surface area contributed by atoms with Crippen LogP contribution < -0.4 is 5.32 Å². The molecule has 2 rings (SSSR count). The van der Waals surface area contributed by atoms with E-state index < -0.39 is 0 Å². The lowest BCUT2D eigenvalue weighted by molar-refractivity contribution is 0.272. The Morgan fingerprint density at radius 3 is 2.73 bits per heavy atom. The Kier molecular flexibility index (Phi) is 6.03. The van der Waals surface area contributed by atoms with Gasteiger partial charge in [-0.2, -0.15) is 11.8 Å². The molecule has 0 spiro atoms. The lowest BCUT2D eigenvalue weighted by atomic mass is 10.2. The number of phenolic OH excluding ortho intramolecular Hbond substituents is 1. The molecule has 0 aliphatic rings. The second kappa shape index (κ2) is 8.00. The number of benzene rings is 1. The van der Waals surface area contributed by atoms with E-state index in [0.717, 1.165) is 17.9 Å². The summed E-state index contributed by atoms with van der Waals surface area (Å²) in [6, 6.07) is 8.79. The molecule has 6 heteroatoms. The van der Waals surface area contributed by atoms with Crippen LogP contribution in [0.2, 0.25) is 0 Å². The van der Waals surface area contributed by atoms with Crippen molar-refractivity contribution in [3.05, 3.63) is 36.0 Å². The molecule has 2 aromatic rings. The first-order valence-electron chi connectivity index (χ1n) is 7.14. The number of hydrogen-bond donors (Lipinski definition) is 3. The number of para-hydroxylation sites is 1. The van der Waals surface area contributed by atoms with E-state index in [1.165, 1.54) is 0 Å². The third kappa shape index (κ3) is 4.35. The summed E-state index contributed by atoms with van der Waals surface area (Å²) in [4.78, 5) is 8.84. The van der Waals surface area contributed by atoms with Crippen molar-refractivity contribution in [2.24, 2.45) is 0 Å². The lowest BCUT2D eigenvalue weighted by Gasteiger charge is -2.17. The molecular weight excluding hydrogens is 298 g/mol. The van der Waals surface area contributed by atoms with Crippen LogP contribution in [-0.2, 0) is 0 Å². The van der Waals surface area contributed by atoms with Crippen LogP contribution in [0.5, 0.6) is 5.75 Å². The van der Waals surface area contributed by atoms with Crippen molar-refractivity contribution in [2.75, 3.05) is 23.9 Å². The van der Waals surface area contributed by atoms with Crippen molar-refractivity contribution < 1.29 is 10.2 Å².